The summed E-state index contributed by atoms with van der Waals surface area (Å²) in [5.41, 5.74) is 7.94. The van der Waals surface area contributed by atoms with Crippen LogP contribution in [0.15, 0.2) is 66.7 Å². The van der Waals surface area contributed by atoms with Gasteiger partial charge in [0.15, 0.2) is 0 Å². The topological polar surface area (TPSA) is 35.2 Å². The first-order valence-electron chi connectivity index (χ1n) is 7.29. The quantitative estimate of drug-likeness (QED) is 0.708. The smallest absolute Gasteiger partial charge is 0.120 e. The second-order valence-electron chi connectivity index (χ2n) is 5.05. The molecule has 21 heavy (non-hydrogen) atoms. The number of ether oxygens (including phenoxy) is 1. The van der Waals surface area contributed by atoms with Crippen molar-refractivity contribution in [2.45, 2.75) is 6.42 Å². The predicted octanol–water partition coefficient (Wildman–Crippen LogP) is 4.23. The molecule has 0 aliphatic carbocycles. The van der Waals surface area contributed by atoms with Crippen molar-refractivity contribution >= 4 is 10.8 Å². The number of hydrogen-bond donors (Lipinski definition) is 1. The highest BCUT2D eigenvalue weighted by Gasteiger charge is 2.06. The maximum atomic E-state index is 5.84. The predicted molar refractivity (Wildman–Crippen MR) is 88.6 cm³/mol. The summed E-state index contributed by atoms with van der Waals surface area (Å²) in [5, 5.41) is 2.44. The standard InChI is InChI=1S/C19H19NO/c20-11-6-12-21-17-13-16-9-4-5-10-18(16)19(14-17)15-7-2-1-3-8-15/h1-5,7-10,13-14H,6,11-12,20H2. The van der Waals surface area contributed by atoms with Gasteiger partial charge in [-0.3, -0.25) is 0 Å². The minimum atomic E-state index is 0.652. The molecule has 0 aliphatic rings. The Balaban J connectivity index is 2.08. The molecule has 106 valence electrons. The van der Waals surface area contributed by atoms with Gasteiger partial charge < -0.3 is 10.5 Å². The monoisotopic (exact) mass is 277 g/mol. The maximum Gasteiger partial charge on any atom is 0.120 e. The summed E-state index contributed by atoms with van der Waals surface area (Å²) in [6.07, 6.45) is 0.869. The first-order valence-corrected chi connectivity index (χ1v) is 7.29. The molecule has 3 rings (SSSR count). The van der Waals surface area contributed by atoms with Crippen LogP contribution < -0.4 is 10.5 Å². The van der Waals surface area contributed by atoms with E-state index in [0.717, 1.165) is 12.2 Å². The molecule has 3 aromatic carbocycles. The van der Waals surface area contributed by atoms with Crippen molar-refractivity contribution in [1.29, 1.82) is 0 Å². The van der Waals surface area contributed by atoms with E-state index in [2.05, 4.69) is 60.7 Å². The fraction of sp³-hybridized carbons (Fsp3) is 0.158. The number of fused-ring (bicyclic) bond motifs is 1. The van der Waals surface area contributed by atoms with E-state index < -0.39 is 0 Å². The molecule has 0 heterocycles. The van der Waals surface area contributed by atoms with E-state index in [1.807, 2.05) is 6.07 Å². The average Bonchev–Trinajstić information content (AvgIpc) is 2.55. The van der Waals surface area contributed by atoms with Crippen molar-refractivity contribution in [2.24, 2.45) is 5.73 Å². The van der Waals surface area contributed by atoms with Gasteiger partial charge >= 0.3 is 0 Å². The zero-order chi connectivity index (χ0) is 14.5. The lowest BCUT2D eigenvalue weighted by Crippen LogP contribution is -2.06. The van der Waals surface area contributed by atoms with Gasteiger partial charge in [0.2, 0.25) is 0 Å². The van der Waals surface area contributed by atoms with Crippen molar-refractivity contribution in [3.63, 3.8) is 0 Å². The highest BCUT2D eigenvalue weighted by atomic mass is 16.5. The van der Waals surface area contributed by atoms with E-state index in [4.69, 9.17) is 10.5 Å². The molecule has 0 saturated heterocycles. The summed E-state index contributed by atoms with van der Waals surface area (Å²) in [6, 6.07) is 23.0. The molecule has 0 aliphatic heterocycles. The first kappa shape index (κ1) is 13.7. The van der Waals surface area contributed by atoms with Crippen LogP contribution in [0.1, 0.15) is 6.42 Å². The Morgan fingerprint density at radius 1 is 0.857 bits per heavy atom. The summed E-state index contributed by atoms with van der Waals surface area (Å²) in [5.74, 6) is 0.904. The molecular weight excluding hydrogens is 258 g/mol. The van der Waals surface area contributed by atoms with Crippen LogP contribution in [0.4, 0.5) is 0 Å². The Morgan fingerprint density at radius 2 is 1.62 bits per heavy atom. The van der Waals surface area contributed by atoms with Crippen LogP contribution in [0.25, 0.3) is 21.9 Å². The van der Waals surface area contributed by atoms with E-state index >= 15 is 0 Å². The Morgan fingerprint density at radius 3 is 2.43 bits per heavy atom. The third kappa shape index (κ3) is 3.06. The fourth-order valence-corrected chi connectivity index (χ4v) is 2.50. The average molecular weight is 277 g/mol. The van der Waals surface area contributed by atoms with Gasteiger partial charge in [-0.2, -0.15) is 0 Å². The normalized spacial score (nSPS) is 10.7. The molecule has 2 N–H and O–H groups in total. The zero-order valence-corrected chi connectivity index (χ0v) is 12.0. The van der Waals surface area contributed by atoms with Crippen molar-refractivity contribution in [3.8, 4) is 16.9 Å². The van der Waals surface area contributed by atoms with E-state index in [0.29, 0.717) is 13.2 Å². The van der Waals surface area contributed by atoms with Gasteiger partial charge in [-0.25, -0.2) is 0 Å². The minimum Gasteiger partial charge on any atom is -0.494 e. The van der Waals surface area contributed by atoms with Crippen LogP contribution in [-0.4, -0.2) is 13.2 Å². The SMILES string of the molecule is NCCCOc1cc(-c2ccccc2)c2ccccc2c1. The molecule has 0 atom stereocenters. The van der Waals surface area contributed by atoms with Crippen LogP contribution in [0.5, 0.6) is 5.75 Å². The summed E-state index contributed by atoms with van der Waals surface area (Å²) in [4.78, 5) is 0. The maximum absolute atomic E-state index is 5.84. The third-order valence-electron chi connectivity index (χ3n) is 3.54. The summed E-state index contributed by atoms with van der Waals surface area (Å²) >= 11 is 0. The molecule has 0 unspecified atom stereocenters. The third-order valence-corrected chi connectivity index (χ3v) is 3.54. The van der Waals surface area contributed by atoms with Crippen LogP contribution in [0, 0.1) is 0 Å². The Bertz CT molecular complexity index is 722. The van der Waals surface area contributed by atoms with Gasteiger partial charge in [0.1, 0.15) is 5.75 Å². The van der Waals surface area contributed by atoms with E-state index in [1.54, 1.807) is 0 Å². The lowest BCUT2D eigenvalue weighted by atomic mass is 9.98. The van der Waals surface area contributed by atoms with Crippen molar-refractivity contribution < 1.29 is 4.74 Å². The van der Waals surface area contributed by atoms with E-state index in [-0.39, 0.29) is 0 Å². The van der Waals surface area contributed by atoms with Crippen LogP contribution in [-0.2, 0) is 0 Å². The number of nitrogens with two attached hydrogens (primary N) is 1. The van der Waals surface area contributed by atoms with Crippen LogP contribution in [0.2, 0.25) is 0 Å². The number of benzene rings is 3. The highest BCUT2D eigenvalue weighted by molar-refractivity contribution is 5.97. The van der Waals surface area contributed by atoms with Crippen LogP contribution in [0.3, 0.4) is 0 Å². The van der Waals surface area contributed by atoms with Gasteiger partial charge in [-0.1, -0.05) is 54.6 Å². The highest BCUT2D eigenvalue weighted by Crippen LogP contribution is 2.33. The van der Waals surface area contributed by atoms with Crippen molar-refractivity contribution in [1.82, 2.24) is 0 Å². The molecule has 0 radical (unpaired) electrons. The summed E-state index contributed by atoms with van der Waals surface area (Å²) in [7, 11) is 0. The Hall–Kier alpha value is -2.32. The molecular formula is C19H19NO. The largest absolute Gasteiger partial charge is 0.494 e. The Kier molecular flexibility index (Phi) is 4.17. The van der Waals surface area contributed by atoms with Gasteiger partial charge in [0.05, 0.1) is 6.61 Å². The van der Waals surface area contributed by atoms with Gasteiger partial charge in [-0.05, 0) is 47.0 Å². The molecule has 0 fully saturated rings. The zero-order valence-electron chi connectivity index (χ0n) is 12.0. The lowest BCUT2D eigenvalue weighted by Gasteiger charge is -2.12. The van der Waals surface area contributed by atoms with Crippen molar-refractivity contribution in [2.75, 3.05) is 13.2 Å². The molecule has 2 heteroatoms. The fourth-order valence-electron chi connectivity index (χ4n) is 2.50. The molecule has 0 bridgehead atoms. The molecule has 0 amide bonds. The number of rotatable bonds is 5. The first-order chi connectivity index (χ1) is 10.4. The lowest BCUT2D eigenvalue weighted by molar-refractivity contribution is 0.314. The molecule has 0 saturated carbocycles. The van der Waals surface area contributed by atoms with E-state index in [1.165, 1.54) is 21.9 Å². The number of hydrogen-bond acceptors (Lipinski definition) is 2. The molecule has 0 aromatic heterocycles. The van der Waals surface area contributed by atoms with Gasteiger partial charge in [0, 0.05) is 0 Å². The summed E-state index contributed by atoms with van der Waals surface area (Å²) < 4.78 is 5.84. The van der Waals surface area contributed by atoms with Gasteiger partial charge in [-0.15, -0.1) is 0 Å². The summed E-state index contributed by atoms with van der Waals surface area (Å²) in [6.45, 7) is 1.31. The van der Waals surface area contributed by atoms with Crippen LogP contribution >= 0.6 is 0 Å². The molecule has 2 nitrogen and oxygen atoms in total. The Labute approximate surface area is 125 Å². The van der Waals surface area contributed by atoms with Crippen molar-refractivity contribution in [3.05, 3.63) is 66.7 Å². The molecule has 3 aromatic rings. The van der Waals surface area contributed by atoms with Gasteiger partial charge in [0.25, 0.3) is 0 Å². The second-order valence-corrected chi connectivity index (χ2v) is 5.05. The second kappa shape index (κ2) is 6.42. The molecule has 0 spiro atoms. The minimum absolute atomic E-state index is 0.652. The van der Waals surface area contributed by atoms with E-state index in [9.17, 15) is 0 Å².